The molecule has 2 rings (SSSR count). The molecule has 1 fully saturated rings. The van der Waals surface area contributed by atoms with Crippen molar-refractivity contribution >= 4 is 5.96 Å². The van der Waals surface area contributed by atoms with Crippen molar-refractivity contribution in [1.29, 1.82) is 0 Å². The molecule has 2 N–H and O–H groups in total. The lowest BCUT2D eigenvalue weighted by atomic mass is 10.2. The number of hydrogen-bond acceptors (Lipinski definition) is 4. The van der Waals surface area contributed by atoms with Gasteiger partial charge in [0.25, 0.3) is 0 Å². The van der Waals surface area contributed by atoms with Gasteiger partial charge < -0.3 is 20.1 Å². The Kier molecular flexibility index (Phi) is 10.9. The fourth-order valence-corrected chi connectivity index (χ4v) is 2.93. The maximum atomic E-state index is 5.81. The zero-order valence-corrected chi connectivity index (χ0v) is 17.0. The lowest BCUT2D eigenvalue weighted by molar-refractivity contribution is 0.0376. The van der Waals surface area contributed by atoms with E-state index in [-0.39, 0.29) is 0 Å². The molecule has 1 atom stereocenters. The quantitative estimate of drug-likeness (QED) is 0.352. The molecule has 6 nitrogen and oxygen atoms in total. The lowest BCUT2D eigenvalue weighted by Crippen LogP contribution is -2.41. The van der Waals surface area contributed by atoms with Gasteiger partial charge in [-0.05, 0) is 31.4 Å². The third kappa shape index (κ3) is 9.75. The third-order valence-corrected chi connectivity index (χ3v) is 4.47. The van der Waals surface area contributed by atoms with Crippen molar-refractivity contribution in [3.05, 3.63) is 35.9 Å². The van der Waals surface area contributed by atoms with E-state index in [0.717, 1.165) is 71.5 Å². The minimum absolute atomic E-state index is 0.387. The molecule has 27 heavy (non-hydrogen) atoms. The summed E-state index contributed by atoms with van der Waals surface area (Å²) >= 11 is 0. The Morgan fingerprint density at radius 2 is 2.00 bits per heavy atom. The van der Waals surface area contributed by atoms with Crippen LogP contribution >= 0.6 is 0 Å². The predicted molar refractivity (Wildman–Crippen MR) is 111 cm³/mol. The molecule has 0 saturated carbocycles. The van der Waals surface area contributed by atoms with Gasteiger partial charge in [-0.1, -0.05) is 37.3 Å². The Bertz CT molecular complexity index is 518. The fourth-order valence-electron chi connectivity index (χ4n) is 2.93. The number of nitrogens with one attached hydrogen (secondary N) is 2. The van der Waals surface area contributed by atoms with Crippen LogP contribution in [-0.4, -0.2) is 69.9 Å². The number of hydrogen-bond donors (Lipinski definition) is 2. The van der Waals surface area contributed by atoms with Crippen LogP contribution in [0.15, 0.2) is 35.3 Å². The Hall–Kier alpha value is -1.63. The Morgan fingerprint density at radius 3 is 2.74 bits per heavy atom. The van der Waals surface area contributed by atoms with Crippen LogP contribution in [0.3, 0.4) is 0 Å². The smallest absolute Gasteiger partial charge is 0.191 e. The van der Waals surface area contributed by atoms with Gasteiger partial charge in [-0.25, -0.2) is 0 Å². The summed E-state index contributed by atoms with van der Waals surface area (Å²) in [5.41, 5.74) is 1.21. The molecule has 1 saturated heterocycles. The molecule has 1 aliphatic heterocycles. The van der Waals surface area contributed by atoms with Crippen LogP contribution in [0, 0.1) is 5.92 Å². The van der Waals surface area contributed by atoms with Gasteiger partial charge >= 0.3 is 0 Å². The van der Waals surface area contributed by atoms with E-state index in [9.17, 15) is 0 Å². The number of benzene rings is 1. The predicted octanol–water partition coefficient (Wildman–Crippen LogP) is 2.12. The molecule has 6 heteroatoms. The summed E-state index contributed by atoms with van der Waals surface area (Å²) < 4.78 is 11.2. The Morgan fingerprint density at radius 1 is 1.22 bits per heavy atom. The second-order valence-electron chi connectivity index (χ2n) is 7.06. The van der Waals surface area contributed by atoms with E-state index >= 15 is 0 Å². The van der Waals surface area contributed by atoms with Crippen molar-refractivity contribution in [1.82, 2.24) is 15.5 Å². The fraction of sp³-hybridized carbons (Fsp3) is 0.667. The van der Waals surface area contributed by atoms with Crippen LogP contribution in [0.4, 0.5) is 0 Å². The average molecular weight is 377 g/mol. The van der Waals surface area contributed by atoms with Gasteiger partial charge in [0.05, 0.1) is 26.4 Å². The summed E-state index contributed by atoms with van der Waals surface area (Å²) in [5, 5.41) is 6.76. The zero-order valence-electron chi connectivity index (χ0n) is 17.0. The molecular formula is C21H36N4O2. The van der Waals surface area contributed by atoms with E-state index in [1.165, 1.54) is 5.56 Å². The molecule has 1 aromatic carbocycles. The van der Waals surface area contributed by atoms with Gasteiger partial charge in [0.2, 0.25) is 0 Å². The maximum Gasteiger partial charge on any atom is 0.191 e. The van der Waals surface area contributed by atoms with Crippen molar-refractivity contribution in [2.75, 3.05) is 59.1 Å². The third-order valence-electron chi connectivity index (χ3n) is 4.47. The van der Waals surface area contributed by atoms with Gasteiger partial charge in [-0.15, -0.1) is 0 Å². The number of aliphatic imine (C=N–C) groups is 1. The minimum atomic E-state index is 0.387. The molecule has 0 aliphatic carbocycles. The van der Waals surface area contributed by atoms with E-state index in [1.807, 2.05) is 18.2 Å². The van der Waals surface area contributed by atoms with Crippen LogP contribution in [0.1, 0.15) is 25.8 Å². The standard InChI is InChI=1S/C21H36N4O2/c1-3-22-21(23-10-7-11-25-12-14-26-15-13-25)24-16-19(2)17-27-18-20-8-5-4-6-9-20/h4-6,8-9,19H,3,7,10-18H2,1-2H3,(H2,22,23,24). The van der Waals surface area contributed by atoms with Crippen LogP contribution < -0.4 is 10.6 Å². The zero-order chi connectivity index (χ0) is 19.2. The summed E-state index contributed by atoms with van der Waals surface area (Å²) in [6.07, 6.45) is 1.11. The van der Waals surface area contributed by atoms with Crippen molar-refractivity contribution in [2.24, 2.45) is 10.9 Å². The summed E-state index contributed by atoms with van der Waals surface area (Å²) in [4.78, 5) is 7.16. The molecule has 0 bridgehead atoms. The number of ether oxygens (including phenoxy) is 2. The first-order chi connectivity index (χ1) is 13.3. The first-order valence-electron chi connectivity index (χ1n) is 10.2. The number of morpholine rings is 1. The van der Waals surface area contributed by atoms with Crippen molar-refractivity contribution in [3.8, 4) is 0 Å². The Balaban J connectivity index is 1.60. The van der Waals surface area contributed by atoms with Crippen molar-refractivity contribution in [3.63, 3.8) is 0 Å². The van der Waals surface area contributed by atoms with Gasteiger partial charge in [-0.3, -0.25) is 9.89 Å². The topological polar surface area (TPSA) is 58.1 Å². The first kappa shape index (κ1) is 21.7. The number of rotatable bonds is 11. The maximum absolute atomic E-state index is 5.81. The normalized spacial score (nSPS) is 16.9. The molecular weight excluding hydrogens is 340 g/mol. The summed E-state index contributed by atoms with van der Waals surface area (Å²) in [5.74, 6) is 1.28. The molecule has 0 spiro atoms. The first-order valence-corrected chi connectivity index (χ1v) is 10.2. The molecule has 152 valence electrons. The largest absolute Gasteiger partial charge is 0.379 e. The SMILES string of the molecule is CCNC(=NCC(C)COCc1ccccc1)NCCCN1CCOCC1. The van der Waals surface area contributed by atoms with Gasteiger partial charge in [-0.2, -0.15) is 0 Å². The minimum Gasteiger partial charge on any atom is -0.379 e. The van der Waals surface area contributed by atoms with Crippen LogP contribution in [0.25, 0.3) is 0 Å². The summed E-state index contributed by atoms with van der Waals surface area (Å²) in [6.45, 7) is 13.1. The molecule has 1 aliphatic rings. The van der Waals surface area contributed by atoms with Crippen molar-refractivity contribution in [2.45, 2.75) is 26.9 Å². The molecule has 1 aromatic rings. The van der Waals surface area contributed by atoms with Gasteiger partial charge in [0, 0.05) is 32.7 Å². The van der Waals surface area contributed by atoms with E-state index in [0.29, 0.717) is 12.5 Å². The monoisotopic (exact) mass is 376 g/mol. The molecule has 0 aromatic heterocycles. The average Bonchev–Trinajstić information content (AvgIpc) is 2.71. The molecule has 0 amide bonds. The highest BCUT2D eigenvalue weighted by Gasteiger charge is 2.09. The highest BCUT2D eigenvalue weighted by molar-refractivity contribution is 5.79. The molecule has 1 unspecified atom stereocenters. The second-order valence-corrected chi connectivity index (χ2v) is 7.06. The van der Waals surface area contributed by atoms with E-state index < -0.39 is 0 Å². The van der Waals surface area contributed by atoms with Crippen LogP contribution in [-0.2, 0) is 16.1 Å². The Labute approximate surface area is 164 Å². The number of nitrogens with zero attached hydrogens (tertiary/aromatic N) is 2. The second kappa shape index (κ2) is 13.5. The lowest BCUT2D eigenvalue weighted by Gasteiger charge is -2.26. The van der Waals surface area contributed by atoms with Crippen LogP contribution in [0.2, 0.25) is 0 Å². The van der Waals surface area contributed by atoms with Gasteiger partial charge in [0.15, 0.2) is 5.96 Å². The van der Waals surface area contributed by atoms with E-state index in [1.54, 1.807) is 0 Å². The van der Waals surface area contributed by atoms with E-state index in [2.05, 4.69) is 41.5 Å². The highest BCUT2D eigenvalue weighted by atomic mass is 16.5. The van der Waals surface area contributed by atoms with E-state index in [4.69, 9.17) is 14.5 Å². The molecule has 0 radical (unpaired) electrons. The van der Waals surface area contributed by atoms with Crippen molar-refractivity contribution < 1.29 is 9.47 Å². The number of guanidine groups is 1. The highest BCUT2D eigenvalue weighted by Crippen LogP contribution is 2.04. The van der Waals surface area contributed by atoms with Gasteiger partial charge in [0.1, 0.15) is 0 Å². The van der Waals surface area contributed by atoms with Crippen LogP contribution in [0.5, 0.6) is 0 Å². The summed E-state index contributed by atoms with van der Waals surface area (Å²) in [7, 11) is 0. The summed E-state index contributed by atoms with van der Waals surface area (Å²) in [6, 6.07) is 10.3. The molecule has 1 heterocycles.